The molecule has 1 atom stereocenters. The molecule has 0 radical (unpaired) electrons. The minimum Gasteiger partial charge on any atom is -0.298 e. The van der Waals surface area contributed by atoms with Crippen molar-refractivity contribution >= 4 is 5.78 Å². The van der Waals surface area contributed by atoms with Crippen LogP contribution in [0.2, 0.25) is 0 Å². The van der Waals surface area contributed by atoms with Crippen molar-refractivity contribution in [2.45, 2.75) is 46.0 Å². The maximum Gasteiger partial charge on any atom is 0.149 e. The van der Waals surface area contributed by atoms with E-state index in [0.29, 0.717) is 0 Å². The van der Waals surface area contributed by atoms with Crippen molar-refractivity contribution in [2.75, 3.05) is 0 Å². The molecule has 0 N–H and O–H groups in total. The van der Waals surface area contributed by atoms with Crippen molar-refractivity contribution < 1.29 is 4.79 Å². The Labute approximate surface area is 74.6 Å². The average Bonchev–Trinajstić information content (AvgIpc) is 2.06. The van der Waals surface area contributed by atoms with E-state index in [-0.39, 0.29) is 18.1 Å². The number of nitrogens with zero attached hydrogens (tertiary/aromatic N) is 1. The van der Waals surface area contributed by atoms with Crippen LogP contribution in [0, 0.1) is 17.2 Å². The quantitative estimate of drug-likeness (QED) is 0.610. The first-order valence-electron chi connectivity index (χ1n) is 4.65. The van der Waals surface area contributed by atoms with Crippen molar-refractivity contribution in [2.24, 2.45) is 5.92 Å². The van der Waals surface area contributed by atoms with Crippen LogP contribution in [0.3, 0.4) is 0 Å². The molecule has 0 saturated carbocycles. The standard InChI is InChI=1S/C10H17NO/c1-3-5-6-9(4-2)10(12)7-8-11/h9H,3-7H2,1-2H3. The first kappa shape index (κ1) is 11.2. The van der Waals surface area contributed by atoms with Crippen molar-refractivity contribution in [1.29, 1.82) is 5.26 Å². The second-order valence-corrected chi connectivity index (χ2v) is 3.05. The van der Waals surface area contributed by atoms with Gasteiger partial charge < -0.3 is 0 Å². The maximum atomic E-state index is 11.3. The molecule has 0 heterocycles. The first-order chi connectivity index (χ1) is 5.76. The Balaban J connectivity index is 3.81. The van der Waals surface area contributed by atoms with Gasteiger partial charge in [0, 0.05) is 5.92 Å². The summed E-state index contributed by atoms with van der Waals surface area (Å²) in [5.74, 6) is 0.248. The molecule has 2 heteroatoms. The minimum atomic E-state index is 0.0855. The van der Waals surface area contributed by atoms with Crippen LogP contribution in [-0.4, -0.2) is 5.78 Å². The molecule has 68 valence electrons. The molecule has 1 unspecified atom stereocenters. The molecule has 2 nitrogen and oxygen atoms in total. The summed E-state index contributed by atoms with van der Waals surface area (Å²) in [7, 11) is 0. The van der Waals surface area contributed by atoms with E-state index in [9.17, 15) is 4.79 Å². The monoisotopic (exact) mass is 167 g/mol. The van der Waals surface area contributed by atoms with E-state index in [2.05, 4.69) is 6.92 Å². The van der Waals surface area contributed by atoms with Crippen LogP contribution >= 0.6 is 0 Å². The van der Waals surface area contributed by atoms with E-state index >= 15 is 0 Å². The fourth-order valence-electron chi connectivity index (χ4n) is 1.27. The van der Waals surface area contributed by atoms with Gasteiger partial charge in [0.2, 0.25) is 0 Å². The number of carbonyl (C=O) groups is 1. The Morgan fingerprint density at radius 3 is 2.58 bits per heavy atom. The summed E-state index contributed by atoms with van der Waals surface area (Å²) < 4.78 is 0. The van der Waals surface area contributed by atoms with Crippen molar-refractivity contribution in [3.05, 3.63) is 0 Å². The number of hydrogen-bond acceptors (Lipinski definition) is 2. The molecule has 0 aliphatic heterocycles. The zero-order valence-corrected chi connectivity index (χ0v) is 7.97. The van der Waals surface area contributed by atoms with Crippen molar-refractivity contribution in [3.63, 3.8) is 0 Å². The molecule has 0 amide bonds. The van der Waals surface area contributed by atoms with Crippen LogP contribution in [0.5, 0.6) is 0 Å². The second kappa shape index (κ2) is 6.84. The first-order valence-corrected chi connectivity index (χ1v) is 4.65. The van der Waals surface area contributed by atoms with Gasteiger partial charge in [0.1, 0.15) is 5.78 Å². The van der Waals surface area contributed by atoms with E-state index in [1.807, 2.05) is 13.0 Å². The molecule has 0 aromatic heterocycles. The number of nitriles is 1. The zero-order chi connectivity index (χ0) is 9.40. The lowest BCUT2D eigenvalue weighted by Crippen LogP contribution is -2.12. The Morgan fingerprint density at radius 1 is 1.50 bits per heavy atom. The van der Waals surface area contributed by atoms with Gasteiger partial charge in [0.15, 0.2) is 0 Å². The molecule has 0 rings (SSSR count). The maximum absolute atomic E-state index is 11.3. The number of rotatable bonds is 6. The van der Waals surface area contributed by atoms with Gasteiger partial charge in [0.05, 0.1) is 12.5 Å². The summed E-state index contributed by atoms with van der Waals surface area (Å²) >= 11 is 0. The smallest absolute Gasteiger partial charge is 0.149 e. The lowest BCUT2D eigenvalue weighted by atomic mass is 9.93. The number of hydrogen-bond donors (Lipinski definition) is 0. The number of unbranched alkanes of at least 4 members (excludes halogenated alkanes) is 1. The largest absolute Gasteiger partial charge is 0.298 e. The molecular weight excluding hydrogens is 150 g/mol. The summed E-state index contributed by atoms with van der Waals surface area (Å²) in [6.07, 6.45) is 4.13. The van der Waals surface area contributed by atoms with Gasteiger partial charge >= 0.3 is 0 Å². The Morgan fingerprint density at radius 2 is 2.17 bits per heavy atom. The summed E-state index contributed by atoms with van der Waals surface area (Å²) in [5.41, 5.74) is 0. The SMILES string of the molecule is CCCCC(CC)C(=O)CC#N. The molecular formula is C10H17NO. The van der Waals surface area contributed by atoms with Crippen molar-refractivity contribution in [1.82, 2.24) is 0 Å². The predicted octanol–water partition coefficient (Wildman–Crippen LogP) is 2.69. The van der Waals surface area contributed by atoms with Gasteiger partial charge in [0.25, 0.3) is 0 Å². The summed E-state index contributed by atoms with van der Waals surface area (Å²) in [6.45, 7) is 4.12. The number of Topliss-reactive ketones (excluding diaryl/α,β-unsaturated/α-hetero) is 1. The van der Waals surface area contributed by atoms with E-state index in [4.69, 9.17) is 5.26 Å². The molecule has 0 spiro atoms. The fourth-order valence-corrected chi connectivity index (χ4v) is 1.27. The lowest BCUT2D eigenvalue weighted by molar-refractivity contribution is -0.122. The highest BCUT2D eigenvalue weighted by molar-refractivity contribution is 5.82. The van der Waals surface area contributed by atoms with E-state index in [1.165, 1.54) is 0 Å². The van der Waals surface area contributed by atoms with Crippen LogP contribution in [0.25, 0.3) is 0 Å². The molecule has 0 saturated heterocycles. The normalized spacial score (nSPS) is 12.1. The second-order valence-electron chi connectivity index (χ2n) is 3.05. The van der Waals surface area contributed by atoms with Gasteiger partial charge in [-0.05, 0) is 12.8 Å². The molecule has 0 aromatic rings. The third kappa shape index (κ3) is 4.12. The number of ketones is 1. The Hall–Kier alpha value is -0.840. The number of carbonyl (C=O) groups excluding carboxylic acids is 1. The molecule has 12 heavy (non-hydrogen) atoms. The van der Waals surface area contributed by atoms with Gasteiger partial charge in [-0.15, -0.1) is 0 Å². The molecule has 0 aliphatic rings. The van der Waals surface area contributed by atoms with Gasteiger partial charge in [-0.25, -0.2) is 0 Å². The third-order valence-corrected chi connectivity index (χ3v) is 2.11. The van der Waals surface area contributed by atoms with Crippen LogP contribution in [0.15, 0.2) is 0 Å². The highest BCUT2D eigenvalue weighted by Gasteiger charge is 2.14. The molecule has 0 aromatic carbocycles. The van der Waals surface area contributed by atoms with Crippen LogP contribution < -0.4 is 0 Å². The molecule has 0 bridgehead atoms. The van der Waals surface area contributed by atoms with Crippen LogP contribution in [0.4, 0.5) is 0 Å². The van der Waals surface area contributed by atoms with Gasteiger partial charge in [-0.1, -0.05) is 26.7 Å². The summed E-state index contributed by atoms with van der Waals surface area (Å²) in [6, 6.07) is 1.91. The fraction of sp³-hybridized carbons (Fsp3) is 0.800. The van der Waals surface area contributed by atoms with Crippen LogP contribution in [0.1, 0.15) is 46.0 Å². The average molecular weight is 167 g/mol. The van der Waals surface area contributed by atoms with Crippen molar-refractivity contribution in [3.8, 4) is 6.07 Å². The molecule has 0 aliphatic carbocycles. The lowest BCUT2D eigenvalue weighted by Gasteiger charge is -2.10. The minimum absolute atomic E-state index is 0.0855. The summed E-state index contributed by atoms with van der Waals surface area (Å²) in [5, 5.41) is 8.34. The summed E-state index contributed by atoms with van der Waals surface area (Å²) in [4.78, 5) is 11.3. The Bertz CT molecular complexity index is 169. The molecule has 0 fully saturated rings. The van der Waals surface area contributed by atoms with E-state index < -0.39 is 0 Å². The van der Waals surface area contributed by atoms with Gasteiger partial charge in [-0.2, -0.15) is 5.26 Å². The highest BCUT2D eigenvalue weighted by Crippen LogP contribution is 2.14. The highest BCUT2D eigenvalue weighted by atomic mass is 16.1. The Kier molecular flexibility index (Phi) is 6.37. The van der Waals surface area contributed by atoms with E-state index in [1.54, 1.807) is 0 Å². The zero-order valence-electron chi connectivity index (χ0n) is 7.97. The van der Waals surface area contributed by atoms with E-state index in [0.717, 1.165) is 25.7 Å². The third-order valence-electron chi connectivity index (χ3n) is 2.11. The topological polar surface area (TPSA) is 40.9 Å². The predicted molar refractivity (Wildman–Crippen MR) is 48.5 cm³/mol. The van der Waals surface area contributed by atoms with Gasteiger partial charge in [-0.3, -0.25) is 4.79 Å². The van der Waals surface area contributed by atoms with Crippen LogP contribution in [-0.2, 0) is 4.79 Å².